The van der Waals surface area contributed by atoms with E-state index in [0.717, 1.165) is 37.1 Å². The van der Waals surface area contributed by atoms with Gasteiger partial charge < -0.3 is 10.6 Å². The van der Waals surface area contributed by atoms with Crippen molar-refractivity contribution < 1.29 is 26.3 Å². The molecule has 1 heterocycles. The van der Waals surface area contributed by atoms with Crippen molar-refractivity contribution in [2.24, 2.45) is 10.9 Å². The van der Waals surface area contributed by atoms with Gasteiger partial charge in [-0.05, 0) is 50.0 Å². The molecule has 1 saturated heterocycles. The molecule has 0 aliphatic carbocycles. The number of aliphatic imine (C=N–C) groups is 1. The average molecular weight is 424 g/mol. The molecule has 1 aliphatic rings. The molecule has 0 spiro atoms. The number of piperidine rings is 1. The Labute approximate surface area is 166 Å². The van der Waals surface area contributed by atoms with Crippen LogP contribution in [-0.2, 0) is 6.18 Å². The number of rotatable bonds is 5. The van der Waals surface area contributed by atoms with Gasteiger partial charge in [0, 0.05) is 26.2 Å². The number of hydrogen-bond acceptors (Lipinski definition) is 2. The van der Waals surface area contributed by atoms with Crippen LogP contribution in [0.3, 0.4) is 0 Å². The van der Waals surface area contributed by atoms with Crippen LogP contribution in [0.5, 0.6) is 0 Å². The zero-order valence-corrected chi connectivity index (χ0v) is 16.4. The van der Waals surface area contributed by atoms with Gasteiger partial charge in [-0.15, -0.1) is 0 Å². The Morgan fingerprint density at radius 2 is 1.76 bits per heavy atom. The Kier molecular flexibility index (Phi) is 7.79. The minimum atomic E-state index is -4.38. The monoisotopic (exact) mass is 424 g/mol. The van der Waals surface area contributed by atoms with Crippen LogP contribution in [0, 0.1) is 5.92 Å². The predicted molar refractivity (Wildman–Crippen MR) is 99.6 cm³/mol. The summed E-state index contributed by atoms with van der Waals surface area (Å²) in [7, 11) is 3.40. The lowest BCUT2D eigenvalue weighted by atomic mass is 9.84. The molecule has 1 fully saturated rings. The lowest BCUT2D eigenvalue weighted by Crippen LogP contribution is -2.45. The highest BCUT2D eigenvalue weighted by molar-refractivity contribution is 5.79. The van der Waals surface area contributed by atoms with Gasteiger partial charge >= 0.3 is 12.4 Å². The normalized spacial score (nSPS) is 21.9. The Morgan fingerprint density at radius 3 is 2.31 bits per heavy atom. The van der Waals surface area contributed by atoms with Crippen molar-refractivity contribution >= 4 is 5.96 Å². The summed E-state index contributed by atoms with van der Waals surface area (Å²) in [5.74, 6) is 0.347. The third-order valence-corrected chi connectivity index (χ3v) is 5.04. The van der Waals surface area contributed by atoms with Crippen molar-refractivity contribution in [2.45, 2.75) is 37.7 Å². The third-order valence-electron chi connectivity index (χ3n) is 5.04. The molecule has 2 unspecified atom stereocenters. The maximum atomic E-state index is 12.8. The van der Waals surface area contributed by atoms with Crippen molar-refractivity contribution in [1.82, 2.24) is 15.5 Å². The Balaban J connectivity index is 2.02. The molecular weight excluding hydrogens is 398 g/mol. The number of likely N-dealkylation sites (tertiary alicyclic amines) is 1. The third kappa shape index (κ3) is 7.09. The first-order valence-electron chi connectivity index (χ1n) is 9.40. The van der Waals surface area contributed by atoms with E-state index in [2.05, 4.69) is 20.5 Å². The van der Waals surface area contributed by atoms with Crippen molar-refractivity contribution in [3.63, 3.8) is 0 Å². The topological polar surface area (TPSA) is 39.7 Å². The molecule has 1 aromatic carbocycles. The molecule has 0 aromatic heterocycles. The summed E-state index contributed by atoms with van der Waals surface area (Å²) in [6.45, 7) is 0.985. The van der Waals surface area contributed by atoms with Crippen LogP contribution in [0.2, 0.25) is 0 Å². The predicted octanol–water partition coefficient (Wildman–Crippen LogP) is 4.21. The van der Waals surface area contributed by atoms with E-state index in [0.29, 0.717) is 6.54 Å². The van der Waals surface area contributed by atoms with Crippen molar-refractivity contribution in [3.05, 3.63) is 35.4 Å². The van der Waals surface area contributed by atoms with E-state index in [9.17, 15) is 26.3 Å². The summed E-state index contributed by atoms with van der Waals surface area (Å²) in [6.07, 6.45) is -7.81. The molecule has 0 amide bonds. The molecule has 29 heavy (non-hydrogen) atoms. The zero-order chi connectivity index (χ0) is 21.7. The number of hydrogen-bond donors (Lipinski definition) is 2. The summed E-state index contributed by atoms with van der Waals surface area (Å²) in [5.41, 5.74) is 0.0932. The van der Waals surface area contributed by atoms with Crippen LogP contribution < -0.4 is 10.6 Å². The fraction of sp³-hybridized carbons (Fsp3) is 0.632. The quantitative estimate of drug-likeness (QED) is 0.423. The van der Waals surface area contributed by atoms with E-state index >= 15 is 0 Å². The maximum absolute atomic E-state index is 12.8. The van der Waals surface area contributed by atoms with Crippen LogP contribution >= 0.6 is 0 Å². The molecule has 2 atom stereocenters. The van der Waals surface area contributed by atoms with Gasteiger partial charge in [0.05, 0.1) is 12.0 Å². The van der Waals surface area contributed by atoms with E-state index in [1.165, 1.54) is 19.2 Å². The van der Waals surface area contributed by atoms with Gasteiger partial charge in [0.25, 0.3) is 0 Å². The van der Waals surface area contributed by atoms with Gasteiger partial charge in [-0.1, -0.05) is 12.1 Å². The lowest BCUT2D eigenvalue weighted by molar-refractivity contribution is -0.137. The standard InChI is InChI=1S/C19H26F6N4/c1-26-17(27-10-9-18(20,21)22)28-12-14-4-3-11-29(2)16(14)13-5-7-15(8-6-13)19(23,24)25/h5-8,14,16H,3-4,9-12H2,1-2H3,(H2,26,27,28). The number of benzene rings is 1. The first-order chi connectivity index (χ1) is 13.5. The molecule has 2 rings (SSSR count). The van der Waals surface area contributed by atoms with Crippen LogP contribution in [0.1, 0.15) is 36.4 Å². The number of nitrogens with one attached hydrogen (secondary N) is 2. The largest absolute Gasteiger partial charge is 0.416 e. The highest BCUT2D eigenvalue weighted by Crippen LogP contribution is 2.36. The van der Waals surface area contributed by atoms with Crippen molar-refractivity contribution in [3.8, 4) is 0 Å². The highest BCUT2D eigenvalue weighted by atomic mass is 19.4. The van der Waals surface area contributed by atoms with Gasteiger partial charge in [0.1, 0.15) is 0 Å². The summed E-state index contributed by atoms with van der Waals surface area (Å²) in [4.78, 5) is 6.03. The zero-order valence-electron chi connectivity index (χ0n) is 16.4. The number of halogens is 6. The fourth-order valence-electron chi connectivity index (χ4n) is 3.64. The first kappa shape index (κ1) is 23.3. The Bertz CT molecular complexity index is 669. The molecule has 164 valence electrons. The van der Waals surface area contributed by atoms with Gasteiger partial charge in [-0.2, -0.15) is 26.3 Å². The fourth-order valence-corrected chi connectivity index (χ4v) is 3.64. The second-order valence-corrected chi connectivity index (χ2v) is 7.19. The second-order valence-electron chi connectivity index (χ2n) is 7.19. The van der Waals surface area contributed by atoms with E-state index in [1.807, 2.05) is 7.05 Å². The molecule has 0 saturated carbocycles. The summed E-state index contributed by atoms with van der Waals surface area (Å²) < 4.78 is 75.4. The second kappa shape index (κ2) is 9.69. The van der Waals surface area contributed by atoms with E-state index in [1.54, 1.807) is 0 Å². The SMILES string of the molecule is CN=C(NCCC(F)(F)F)NCC1CCCN(C)C1c1ccc(C(F)(F)F)cc1. The molecule has 1 aromatic rings. The Hall–Kier alpha value is -1.97. The minimum Gasteiger partial charge on any atom is -0.356 e. The van der Waals surface area contributed by atoms with Crippen molar-refractivity contribution in [2.75, 3.05) is 33.7 Å². The minimum absolute atomic E-state index is 0.0756. The molecule has 1 aliphatic heterocycles. The van der Waals surface area contributed by atoms with E-state index in [4.69, 9.17) is 0 Å². The average Bonchev–Trinajstić information content (AvgIpc) is 2.63. The molecule has 0 radical (unpaired) electrons. The maximum Gasteiger partial charge on any atom is 0.416 e. The molecule has 0 bridgehead atoms. The molecule has 4 nitrogen and oxygen atoms in total. The number of nitrogens with zero attached hydrogens (tertiary/aromatic N) is 2. The lowest BCUT2D eigenvalue weighted by Gasteiger charge is -2.40. The molecule has 10 heteroatoms. The van der Waals surface area contributed by atoms with E-state index in [-0.39, 0.29) is 24.5 Å². The summed E-state index contributed by atoms with van der Waals surface area (Å²) >= 11 is 0. The van der Waals surface area contributed by atoms with Gasteiger partial charge in [0.15, 0.2) is 5.96 Å². The first-order valence-corrected chi connectivity index (χ1v) is 9.40. The number of alkyl halides is 6. The summed E-state index contributed by atoms with van der Waals surface area (Å²) in [5, 5.41) is 5.68. The van der Waals surface area contributed by atoms with Crippen LogP contribution in [0.15, 0.2) is 29.3 Å². The summed E-state index contributed by atoms with van der Waals surface area (Å²) in [6, 6.07) is 5.07. The van der Waals surface area contributed by atoms with Crippen LogP contribution in [0.4, 0.5) is 26.3 Å². The smallest absolute Gasteiger partial charge is 0.356 e. The van der Waals surface area contributed by atoms with Crippen LogP contribution in [0.25, 0.3) is 0 Å². The molecule has 2 N–H and O–H groups in total. The van der Waals surface area contributed by atoms with E-state index < -0.39 is 24.3 Å². The Morgan fingerprint density at radius 1 is 1.10 bits per heavy atom. The van der Waals surface area contributed by atoms with Crippen molar-refractivity contribution in [1.29, 1.82) is 0 Å². The van der Waals surface area contributed by atoms with Gasteiger partial charge in [0.2, 0.25) is 0 Å². The number of guanidine groups is 1. The molecular formula is C19H26F6N4. The van der Waals surface area contributed by atoms with Crippen LogP contribution in [-0.4, -0.2) is 50.8 Å². The van der Waals surface area contributed by atoms with Gasteiger partial charge in [-0.3, -0.25) is 9.89 Å². The highest BCUT2D eigenvalue weighted by Gasteiger charge is 2.33. The van der Waals surface area contributed by atoms with Gasteiger partial charge in [-0.25, -0.2) is 0 Å².